The van der Waals surface area contributed by atoms with Gasteiger partial charge in [0.15, 0.2) is 5.08 Å². The maximum absolute atomic E-state index is 4.22. The number of hydrogen-bond donors (Lipinski definition) is 0. The monoisotopic (exact) mass is 219 g/mol. The van der Waals surface area contributed by atoms with E-state index in [1.807, 2.05) is 23.3 Å². The molecule has 1 heterocycles. The van der Waals surface area contributed by atoms with Crippen molar-refractivity contribution in [3.8, 4) is 0 Å². The average molecular weight is 220 g/mol. The van der Waals surface area contributed by atoms with Crippen LogP contribution in [0.25, 0.3) is 0 Å². The van der Waals surface area contributed by atoms with Gasteiger partial charge in [-0.2, -0.15) is 5.10 Å². The van der Waals surface area contributed by atoms with E-state index in [4.69, 9.17) is 0 Å². The summed E-state index contributed by atoms with van der Waals surface area (Å²) in [5.74, 6) is 0. The second-order valence-corrected chi connectivity index (χ2v) is 3.54. The summed E-state index contributed by atoms with van der Waals surface area (Å²) in [7, 11) is 2.01. The van der Waals surface area contributed by atoms with Crippen LogP contribution in [0.5, 0.6) is 0 Å². The molecule has 64 valence electrons. The summed E-state index contributed by atoms with van der Waals surface area (Å²) in [4.78, 5) is 2.04. The first-order valence-corrected chi connectivity index (χ1v) is 4.84. The minimum absolute atomic E-state index is 0.258. The summed E-state index contributed by atoms with van der Waals surface area (Å²) in [6.45, 7) is 3.22. The van der Waals surface area contributed by atoms with Gasteiger partial charge in [-0.3, -0.25) is 5.01 Å². The molecule has 0 N–H and O–H groups in total. The van der Waals surface area contributed by atoms with Crippen molar-refractivity contribution in [3.05, 3.63) is 0 Å². The first-order valence-electron chi connectivity index (χ1n) is 3.92. The molecule has 0 aromatic rings. The molecule has 0 saturated heterocycles. The van der Waals surface area contributed by atoms with E-state index in [1.54, 1.807) is 0 Å². The lowest BCUT2D eigenvalue weighted by atomic mass is 10.3. The zero-order valence-corrected chi connectivity index (χ0v) is 8.58. The van der Waals surface area contributed by atoms with Gasteiger partial charge in [0.05, 0.1) is 0 Å². The second-order valence-electron chi connectivity index (χ2n) is 2.72. The maximum Gasteiger partial charge on any atom is 0.175 e. The Morgan fingerprint density at radius 3 is 2.82 bits per heavy atom. The van der Waals surface area contributed by atoms with Crippen LogP contribution in [0.15, 0.2) is 5.10 Å². The molecule has 0 saturated carbocycles. The van der Waals surface area contributed by atoms with Crippen molar-refractivity contribution in [3.63, 3.8) is 0 Å². The highest BCUT2D eigenvalue weighted by atomic mass is 79.9. The van der Waals surface area contributed by atoms with Crippen molar-refractivity contribution < 1.29 is 0 Å². The SMILES string of the molecule is CCCCN1N=CN(C)C1Br. The molecule has 0 fully saturated rings. The second kappa shape index (κ2) is 3.95. The molecule has 1 aliphatic rings. The summed E-state index contributed by atoms with van der Waals surface area (Å²) in [5, 5.41) is 6.53. The Morgan fingerprint density at radius 2 is 2.36 bits per heavy atom. The van der Waals surface area contributed by atoms with Crippen LogP contribution in [-0.2, 0) is 0 Å². The maximum atomic E-state index is 4.22. The van der Waals surface area contributed by atoms with Gasteiger partial charge >= 0.3 is 0 Å². The van der Waals surface area contributed by atoms with Gasteiger partial charge in [0.1, 0.15) is 6.34 Å². The van der Waals surface area contributed by atoms with E-state index < -0.39 is 0 Å². The fourth-order valence-corrected chi connectivity index (χ4v) is 1.37. The number of hydrazone groups is 1. The first kappa shape index (κ1) is 8.84. The predicted molar refractivity (Wildman–Crippen MR) is 50.6 cm³/mol. The van der Waals surface area contributed by atoms with E-state index in [0.717, 1.165) is 6.54 Å². The molecule has 1 atom stereocenters. The number of unbranched alkanes of at least 4 members (excludes halogenated alkanes) is 1. The van der Waals surface area contributed by atoms with Crippen molar-refractivity contribution in [2.75, 3.05) is 13.6 Å². The zero-order valence-electron chi connectivity index (χ0n) is 7.00. The highest BCUT2D eigenvalue weighted by Gasteiger charge is 2.20. The summed E-state index contributed by atoms with van der Waals surface area (Å²) in [5.41, 5.74) is 0. The molecule has 3 nitrogen and oxygen atoms in total. The van der Waals surface area contributed by atoms with Gasteiger partial charge in [0.25, 0.3) is 0 Å². The summed E-state index contributed by atoms with van der Waals surface area (Å²) in [6, 6.07) is 0. The number of alkyl halides is 1. The minimum atomic E-state index is 0.258. The summed E-state index contributed by atoms with van der Waals surface area (Å²) < 4.78 is 0. The molecule has 4 heteroatoms. The molecule has 0 amide bonds. The Morgan fingerprint density at radius 1 is 1.64 bits per heavy atom. The molecular weight excluding hydrogens is 206 g/mol. The van der Waals surface area contributed by atoms with Gasteiger partial charge in [0.2, 0.25) is 0 Å². The van der Waals surface area contributed by atoms with E-state index in [9.17, 15) is 0 Å². The largest absolute Gasteiger partial charge is 0.334 e. The number of rotatable bonds is 3. The number of hydrogen-bond acceptors (Lipinski definition) is 3. The van der Waals surface area contributed by atoms with E-state index in [0.29, 0.717) is 0 Å². The molecule has 0 aromatic carbocycles. The smallest absolute Gasteiger partial charge is 0.175 e. The van der Waals surface area contributed by atoms with Crippen LogP contribution in [0.2, 0.25) is 0 Å². The normalized spacial score (nSPS) is 23.4. The molecule has 0 bridgehead atoms. The fraction of sp³-hybridized carbons (Fsp3) is 0.857. The lowest BCUT2D eigenvalue weighted by Gasteiger charge is -2.22. The zero-order chi connectivity index (χ0) is 8.27. The van der Waals surface area contributed by atoms with Crippen LogP contribution in [0, 0.1) is 0 Å². The Bertz CT molecular complexity index is 149. The standard InChI is InChI=1S/C7H14BrN3/c1-3-4-5-11-7(8)10(2)6-9-11/h6-7H,3-5H2,1-2H3. The van der Waals surface area contributed by atoms with Gasteiger partial charge in [-0.05, 0) is 22.4 Å². The molecule has 0 aliphatic carbocycles. The molecule has 1 unspecified atom stereocenters. The van der Waals surface area contributed by atoms with E-state index in [-0.39, 0.29) is 5.08 Å². The Balaban J connectivity index is 2.31. The van der Waals surface area contributed by atoms with E-state index in [1.165, 1.54) is 12.8 Å². The van der Waals surface area contributed by atoms with Crippen LogP contribution in [0.1, 0.15) is 19.8 Å². The van der Waals surface area contributed by atoms with Gasteiger partial charge in [-0.1, -0.05) is 13.3 Å². The third-order valence-corrected chi connectivity index (χ3v) is 2.82. The lowest BCUT2D eigenvalue weighted by molar-refractivity contribution is 0.225. The van der Waals surface area contributed by atoms with Gasteiger partial charge in [-0.25, -0.2) is 0 Å². The molecular formula is C7H14BrN3. The summed E-state index contributed by atoms with van der Waals surface area (Å²) >= 11 is 3.53. The van der Waals surface area contributed by atoms with Crippen LogP contribution in [0.4, 0.5) is 0 Å². The quantitative estimate of drug-likeness (QED) is 0.532. The van der Waals surface area contributed by atoms with Crippen molar-refractivity contribution in [2.45, 2.75) is 24.8 Å². The van der Waals surface area contributed by atoms with Crippen molar-refractivity contribution in [1.29, 1.82) is 0 Å². The van der Waals surface area contributed by atoms with Gasteiger partial charge in [0, 0.05) is 13.6 Å². The van der Waals surface area contributed by atoms with Gasteiger partial charge < -0.3 is 4.90 Å². The minimum Gasteiger partial charge on any atom is -0.334 e. The predicted octanol–water partition coefficient (Wildman–Crippen LogP) is 1.66. The Hall–Kier alpha value is -0.250. The van der Waals surface area contributed by atoms with Crippen LogP contribution in [0.3, 0.4) is 0 Å². The number of nitrogens with zero attached hydrogens (tertiary/aromatic N) is 3. The third kappa shape index (κ3) is 2.09. The number of halogens is 1. The first-order chi connectivity index (χ1) is 5.25. The topological polar surface area (TPSA) is 18.8 Å². The Labute approximate surface area is 76.2 Å². The van der Waals surface area contributed by atoms with E-state index in [2.05, 4.69) is 28.0 Å². The fourth-order valence-electron chi connectivity index (χ4n) is 0.952. The molecule has 0 spiro atoms. The van der Waals surface area contributed by atoms with Crippen molar-refractivity contribution in [1.82, 2.24) is 9.91 Å². The highest BCUT2D eigenvalue weighted by molar-refractivity contribution is 9.09. The van der Waals surface area contributed by atoms with Crippen LogP contribution in [-0.4, -0.2) is 34.9 Å². The third-order valence-electron chi connectivity index (χ3n) is 1.70. The highest BCUT2D eigenvalue weighted by Crippen LogP contribution is 2.16. The van der Waals surface area contributed by atoms with Gasteiger partial charge in [-0.15, -0.1) is 0 Å². The molecule has 1 rings (SSSR count). The average Bonchev–Trinajstić information content (AvgIpc) is 2.31. The molecule has 0 aromatic heterocycles. The molecule has 0 radical (unpaired) electrons. The summed E-state index contributed by atoms with van der Waals surface area (Å²) in [6.07, 6.45) is 4.26. The van der Waals surface area contributed by atoms with Crippen LogP contribution < -0.4 is 0 Å². The molecule has 11 heavy (non-hydrogen) atoms. The van der Waals surface area contributed by atoms with Crippen molar-refractivity contribution in [2.24, 2.45) is 5.10 Å². The lowest BCUT2D eigenvalue weighted by Crippen LogP contribution is -2.32. The molecule has 1 aliphatic heterocycles. The Kier molecular flexibility index (Phi) is 3.17. The van der Waals surface area contributed by atoms with Crippen LogP contribution >= 0.6 is 15.9 Å². The van der Waals surface area contributed by atoms with E-state index >= 15 is 0 Å². The van der Waals surface area contributed by atoms with Crippen molar-refractivity contribution >= 4 is 22.3 Å².